The molecule has 21 heavy (non-hydrogen) atoms. The molecule has 0 aliphatic heterocycles. The fraction of sp³-hybridized carbons (Fsp3) is 0.389. The highest BCUT2D eigenvalue weighted by Gasteiger charge is 2.11. The van der Waals surface area contributed by atoms with E-state index in [1.165, 1.54) is 5.56 Å². The molecule has 0 amide bonds. The number of pyridine rings is 1. The van der Waals surface area contributed by atoms with E-state index in [9.17, 15) is 0 Å². The number of rotatable bonds is 6. The van der Waals surface area contributed by atoms with E-state index in [1.807, 2.05) is 31.3 Å². The number of nitrogens with zero attached hydrogens (tertiary/aromatic N) is 1. The summed E-state index contributed by atoms with van der Waals surface area (Å²) in [5.41, 5.74) is 3.27. The number of hydrogen-bond acceptors (Lipinski definition) is 3. The van der Waals surface area contributed by atoms with Crippen molar-refractivity contribution >= 4 is 0 Å². The standard InChI is InChI=1S/C18H24N2O/c1-5-19-11-15-12-20-14(4)10-18(15)21-17-9-7-6-8-16(17)13(2)3/h6-10,12-13,19H,5,11H2,1-4H3. The zero-order chi connectivity index (χ0) is 15.2. The molecule has 0 spiro atoms. The molecule has 112 valence electrons. The van der Waals surface area contributed by atoms with E-state index in [4.69, 9.17) is 4.74 Å². The molecule has 2 aromatic rings. The molecule has 3 heteroatoms. The minimum absolute atomic E-state index is 0.432. The average molecular weight is 284 g/mol. The second kappa shape index (κ2) is 7.23. The molecule has 1 aromatic carbocycles. The summed E-state index contributed by atoms with van der Waals surface area (Å²) < 4.78 is 6.20. The monoisotopic (exact) mass is 284 g/mol. The molecule has 3 nitrogen and oxygen atoms in total. The molecular weight excluding hydrogens is 260 g/mol. The molecule has 0 fully saturated rings. The van der Waals surface area contributed by atoms with Gasteiger partial charge in [-0.25, -0.2) is 0 Å². The van der Waals surface area contributed by atoms with E-state index in [0.717, 1.165) is 35.8 Å². The fourth-order valence-electron chi connectivity index (χ4n) is 2.22. The maximum atomic E-state index is 6.20. The summed E-state index contributed by atoms with van der Waals surface area (Å²) in [5.74, 6) is 2.24. The molecule has 0 bridgehead atoms. The van der Waals surface area contributed by atoms with Gasteiger partial charge in [0, 0.05) is 30.1 Å². The smallest absolute Gasteiger partial charge is 0.135 e. The molecular formula is C18H24N2O. The molecule has 1 heterocycles. The number of ether oxygens (including phenoxy) is 1. The second-order valence-electron chi connectivity index (χ2n) is 5.51. The highest BCUT2D eigenvalue weighted by molar-refractivity contribution is 5.42. The Bertz CT molecular complexity index is 594. The average Bonchev–Trinajstić information content (AvgIpc) is 2.47. The number of hydrogen-bond donors (Lipinski definition) is 1. The van der Waals surface area contributed by atoms with Crippen LogP contribution in [0.4, 0.5) is 0 Å². The third-order valence-electron chi connectivity index (χ3n) is 3.41. The number of aromatic nitrogens is 1. The lowest BCUT2D eigenvalue weighted by atomic mass is 10.0. The highest BCUT2D eigenvalue weighted by Crippen LogP contribution is 2.32. The van der Waals surface area contributed by atoms with Gasteiger partial charge in [-0.05, 0) is 31.0 Å². The Morgan fingerprint density at radius 3 is 2.67 bits per heavy atom. The minimum atomic E-state index is 0.432. The maximum Gasteiger partial charge on any atom is 0.135 e. The van der Waals surface area contributed by atoms with E-state index in [-0.39, 0.29) is 0 Å². The lowest BCUT2D eigenvalue weighted by Crippen LogP contribution is -2.13. The summed E-state index contributed by atoms with van der Waals surface area (Å²) in [5, 5.41) is 3.33. The van der Waals surface area contributed by atoms with Crippen molar-refractivity contribution in [3.05, 3.63) is 53.3 Å². The van der Waals surface area contributed by atoms with Gasteiger partial charge in [0.2, 0.25) is 0 Å². The van der Waals surface area contributed by atoms with E-state index in [1.54, 1.807) is 0 Å². The van der Waals surface area contributed by atoms with Gasteiger partial charge in [0.15, 0.2) is 0 Å². The first-order chi connectivity index (χ1) is 10.1. The van der Waals surface area contributed by atoms with Crippen LogP contribution in [-0.2, 0) is 6.54 Å². The SMILES string of the molecule is CCNCc1cnc(C)cc1Oc1ccccc1C(C)C. The van der Waals surface area contributed by atoms with Crippen LogP contribution < -0.4 is 10.1 Å². The largest absolute Gasteiger partial charge is 0.457 e. The van der Waals surface area contributed by atoms with Crippen molar-refractivity contribution in [2.45, 2.75) is 40.2 Å². The quantitative estimate of drug-likeness (QED) is 0.853. The zero-order valence-corrected chi connectivity index (χ0v) is 13.3. The van der Waals surface area contributed by atoms with Gasteiger partial charge in [-0.15, -0.1) is 0 Å². The summed E-state index contributed by atoms with van der Waals surface area (Å²) in [6.45, 7) is 10.1. The number of nitrogens with one attached hydrogen (secondary N) is 1. The van der Waals surface area contributed by atoms with Gasteiger partial charge in [0.1, 0.15) is 11.5 Å². The van der Waals surface area contributed by atoms with Crippen LogP contribution in [0.25, 0.3) is 0 Å². The zero-order valence-electron chi connectivity index (χ0n) is 13.3. The summed E-state index contributed by atoms with van der Waals surface area (Å²) in [7, 11) is 0. The fourth-order valence-corrected chi connectivity index (χ4v) is 2.22. The third kappa shape index (κ3) is 4.05. The van der Waals surface area contributed by atoms with Crippen molar-refractivity contribution < 1.29 is 4.74 Å². The molecule has 0 aliphatic carbocycles. The van der Waals surface area contributed by atoms with Gasteiger partial charge in [0.05, 0.1) is 0 Å². The van der Waals surface area contributed by atoms with Crippen molar-refractivity contribution in [1.29, 1.82) is 0 Å². The van der Waals surface area contributed by atoms with Gasteiger partial charge >= 0.3 is 0 Å². The molecule has 0 radical (unpaired) electrons. The van der Waals surface area contributed by atoms with Crippen molar-refractivity contribution in [2.75, 3.05) is 6.54 Å². The molecule has 1 aromatic heterocycles. The molecule has 1 N–H and O–H groups in total. The Kier molecular flexibility index (Phi) is 5.34. The van der Waals surface area contributed by atoms with Crippen LogP contribution in [0.15, 0.2) is 36.5 Å². The lowest BCUT2D eigenvalue weighted by molar-refractivity contribution is 0.463. The van der Waals surface area contributed by atoms with Gasteiger partial charge in [-0.1, -0.05) is 39.0 Å². The Hall–Kier alpha value is -1.87. The normalized spacial score (nSPS) is 10.9. The molecule has 0 aliphatic rings. The Labute approximate surface area is 127 Å². The molecule has 0 atom stereocenters. The Morgan fingerprint density at radius 2 is 1.95 bits per heavy atom. The first kappa shape index (κ1) is 15.5. The topological polar surface area (TPSA) is 34.2 Å². The number of aryl methyl sites for hydroxylation is 1. The molecule has 0 saturated carbocycles. The van der Waals surface area contributed by atoms with Crippen LogP contribution in [-0.4, -0.2) is 11.5 Å². The second-order valence-corrected chi connectivity index (χ2v) is 5.51. The van der Waals surface area contributed by atoms with Crippen molar-refractivity contribution in [3.63, 3.8) is 0 Å². The summed E-state index contributed by atoms with van der Waals surface area (Å²) in [4.78, 5) is 4.37. The first-order valence-corrected chi connectivity index (χ1v) is 7.54. The number of para-hydroxylation sites is 1. The minimum Gasteiger partial charge on any atom is -0.457 e. The van der Waals surface area contributed by atoms with E-state index < -0.39 is 0 Å². The van der Waals surface area contributed by atoms with Crippen LogP contribution in [0.2, 0.25) is 0 Å². The molecule has 2 rings (SSSR count). The van der Waals surface area contributed by atoms with Crippen LogP contribution in [0.1, 0.15) is 43.5 Å². The summed E-state index contributed by atoms with van der Waals surface area (Å²) in [6, 6.07) is 10.2. The number of benzene rings is 1. The van der Waals surface area contributed by atoms with Crippen LogP contribution in [0.3, 0.4) is 0 Å². The van der Waals surface area contributed by atoms with Crippen LogP contribution >= 0.6 is 0 Å². The van der Waals surface area contributed by atoms with E-state index in [2.05, 4.69) is 43.2 Å². The van der Waals surface area contributed by atoms with Crippen molar-refractivity contribution in [2.24, 2.45) is 0 Å². The van der Waals surface area contributed by atoms with E-state index >= 15 is 0 Å². The predicted molar refractivity (Wildman–Crippen MR) is 87.0 cm³/mol. The van der Waals surface area contributed by atoms with Crippen molar-refractivity contribution in [1.82, 2.24) is 10.3 Å². The van der Waals surface area contributed by atoms with Crippen LogP contribution in [0.5, 0.6) is 11.5 Å². The molecule has 0 unspecified atom stereocenters. The Balaban J connectivity index is 2.32. The summed E-state index contributed by atoms with van der Waals surface area (Å²) >= 11 is 0. The van der Waals surface area contributed by atoms with Gasteiger partial charge in [-0.3, -0.25) is 4.98 Å². The van der Waals surface area contributed by atoms with E-state index in [0.29, 0.717) is 5.92 Å². The lowest BCUT2D eigenvalue weighted by Gasteiger charge is -2.16. The first-order valence-electron chi connectivity index (χ1n) is 7.54. The van der Waals surface area contributed by atoms with Gasteiger partial charge < -0.3 is 10.1 Å². The summed E-state index contributed by atoms with van der Waals surface area (Å²) in [6.07, 6.45) is 1.89. The van der Waals surface area contributed by atoms with Crippen LogP contribution in [0, 0.1) is 6.92 Å². The maximum absolute atomic E-state index is 6.20. The van der Waals surface area contributed by atoms with Gasteiger partial charge in [0.25, 0.3) is 0 Å². The Morgan fingerprint density at radius 1 is 1.19 bits per heavy atom. The van der Waals surface area contributed by atoms with Crippen molar-refractivity contribution in [3.8, 4) is 11.5 Å². The predicted octanol–water partition coefficient (Wildman–Crippen LogP) is 4.42. The molecule has 0 saturated heterocycles. The van der Waals surface area contributed by atoms with Gasteiger partial charge in [-0.2, -0.15) is 0 Å². The highest BCUT2D eigenvalue weighted by atomic mass is 16.5. The third-order valence-corrected chi connectivity index (χ3v) is 3.41.